The Morgan fingerprint density at radius 3 is 2.64 bits per heavy atom. The van der Waals surface area contributed by atoms with Crippen molar-refractivity contribution in [2.75, 3.05) is 19.4 Å². The molecule has 1 unspecified atom stereocenters. The van der Waals surface area contributed by atoms with Crippen molar-refractivity contribution >= 4 is 33.3 Å². The van der Waals surface area contributed by atoms with Crippen LogP contribution in [0.1, 0.15) is 36.7 Å². The van der Waals surface area contributed by atoms with Crippen LogP contribution in [0, 0.1) is 0 Å². The summed E-state index contributed by atoms with van der Waals surface area (Å²) in [4.78, 5) is 12.6. The summed E-state index contributed by atoms with van der Waals surface area (Å²) in [6, 6.07) is 5.84. The van der Waals surface area contributed by atoms with Gasteiger partial charge >= 0.3 is 0 Å². The largest absolute Gasteiger partial charge is 0.307 e. The first-order chi connectivity index (χ1) is 11.7. The number of hydrogen-bond acceptors (Lipinski definition) is 4. The molecule has 1 atom stereocenters. The van der Waals surface area contributed by atoms with Gasteiger partial charge < -0.3 is 5.32 Å². The Kier molecular flexibility index (Phi) is 5.87. The third kappa shape index (κ3) is 4.02. The number of amides is 1. The minimum absolute atomic E-state index is 0.00230. The number of nitrogens with one attached hydrogen (secondary N) is 1. The fraction of sp³-hybridized carbons (Fsp3) is 0.375. The molecular formula is C16H21ClN4O3S. The lowest BCUT2D eigenvalue weighted by molar-refractivity contribution is 0.102. The molecular weight excluding hydrogens is 364 g/mol. The van der Waals surface area contributed by atoms with Crippen LogP contribution in [-0.2, 0) is 10.0 Å². The zero-order valence-electron chi connectivity index (χ0n) is 14.5. The average molecular weight is 385 g/mol. The van der Waals surface area contributed by atoms with Crippen LogP contribution in [0.15, 0.2) is 35.4 Å². The van der Waals surface area contributed by atoms with E-state index in [0.29, 0.717) is 5.82 Å². The number of anilines is 1. The lowest BCUT2D eigenvalue weighted by Gasteiger charge is -2.15. The van der Waals surface area contributed by atoms with Crippen LogP contribution in [0.25, 0.3) is 0 Å². The number of rotatable bonds is 6. The summed E-state index contributed by atoms with van der Waals surface area (Å²) in [5.41, 5.74) is 0.0847. The maximum Gasteiger partial charge on any atom is 0.258 e. The molecule has 2 aromatic rings. The highest BCUT2D eigenvalue weighted by atomic mass is 35.5. The smallest absolute Gasteiger partial charge is 0.258 e. The number of carbonyl (C=O) groups is 1. The van der Waals surface area contributed by atoms with E-state index in [4.69, 9.17) is 11.6 Å². The molecule has 1 aromatic carbocycles. The highest BCUT2D eigenvalue weighted by Gasteiger charge is 2.21. The van der Waals surface area contributed by atoms with Gasteiger partial charge in [0, 0.05) is 20.2 Å². The van der Waals surface area contributed by atoms with E-state index in [0.717, 1.165) is 10.7 Å². The Labute approximate surface area is 152 Å². The zero-order valence-corrected chi connectivity index (χ0v) is 16.1. The first-order valence-corrected chi connectivity index (χ1v) is 9.57. The van der Waals surface area contributed by atoms with Crippen LogP contribution >= 0.6 is 11.6 Å². The fourth-order valence-corrected chi connectivity index (χ4v) is 3.30. The standard InChI is InChI=1S/C16H21ClN4O3S/c1-5-11(2)21-15(8-9-18-21)19-16(22)13-10-12(6-7-14(13)17)25(23,24)20(3)4/h6-11H,5H2,1-4H3,(H,19,22). The molecule has 0 radical (unpaired) electrons. The van der Waals surface area contributed by atoms with Crippen molar-refractivity contribution in [3.63, 3.8) is 0 Å². The summed E-state index contributed by atoms with van der Waals surface area (Å²) in [6.07, 6.45) is 2.44. The average Bonchev–Trinajstić information content (AvgIpc) is 3.02. The molecule has 7 nitrogen and oxygen atoms in total. The molecule has 0 spiro atoms. The van der Waals surface area contributed by atoms with E-state index in [1.807, 2.05) is 13.8 Å². The first kappa shape index (κ1) is 19.4. The number of nitrogens with zero attached hydrogens (tertiary/aromatic N) is 3. The van der Waals surface area contributed by atoms with Gasteiger partial charge in [0.15, 0.2) is 0 Å². The number of benzene rings is 1. The number of aromatic nitrogens is 2. The van der Waals surface area contributed by atoms with Gasteiger partial charge in [-0.2, -0.15) is 5.10 Å². The summed E-state index contributed by atoms with van der Waals surface area (Å²) in [6.45, 7) is 4.00. The second-order valence-corrected chi connectivity index (χ2v) is 8.36. The van der Waals surface area contributed by atoms with Crippen LogP contribution in [0.2, 0.25) is 5.02 Å². The molecule has 0 aliphatic heterocycles. The Hall–Kier alpha value is -1.90. The van der Waals surface area contributed by atoms with E-state index in [1.165, 1.54) is 32.3 Å². The van der Waals surface area contributed by atoms with Gasteiger partial charge in [0.05, 0.1) is 27.7 Å². The summed E-state index contributed by atoms with van der Waals surface area (Å²) in [5, 5.41) is 7.11. The van der Waals surface area contributed by atoms with Crippen molar-refractivity contribution in [2.45, 2.75) is 31.2 Å². The molecule has 0 aliphatic carbocycles. The second-order valence-electron chi connectivity index (χ2n) is 5.80. The molecule has 0 bridgehead atoms. The van der Waals surface area contributed by atoms with Crippen molar-refractivity contribution in [3.8, 4) is 0 Å². The van der Waals surface area contributed by atoms with Crippen molar-refractivity contribution < 1.29 is 13.2 Å². The molecule has 1 aromatic heterocycles. The summed E-state index contributed by atoms with van der Waals surface area (Å²) >= 11 is 6.10. The van der Waals surface area contributed by atoms with E-state index in [-0.39, 0.29) is 21.5 Å². The monoisotopic (exact) mass is 384 g/mol. The Morgan fingerprint density at radius 2 is 2.04 bits per heavy atom. The topological polar surface area (TPSA) is 84.3 Å². The third-order valence-electron chi connectivity index (χ3n) is 3.88. The maximum atomic E-state index is 12.6. The Balaban J connectivity index is 2.36. The summed E-state index contributed by atoms with van der Waals surface area (Å²) < 4.78 is 27.3. The molecule has 0 fully saturated rings. The van der Waals surface area contributed by atoms with Crippen molar-refractivity contribution in [1.29, 1.82) is 0 Å². The molecule has 1 heterocycles. The van der Waals surface area contributed by atoms with Gasteiger partial charge in [0.1, 0.15) is 5.82 Å². The fourth-order valence-electron chi connectivity index (χ4n) is 2.17. The van der Waals surface area contributed by atoms with Crippen molar-refractivity contribution in [2.24, 2.45) is 0 Å². The van der Waals surface area contributed by atoms with E-state index in [9.17, 15) is 13.2 Å². The van der Waals surface area contributed by atoms with Crippen LogP contribution in [0.3, 0.4) is 0 Å². The van der Waals surface area contributed by atoms with Gasteiger partial charge in [0.2, 0.25) is 10.0 Å². The lowest BCUT2D eigenvalue weighted by atomic mass is 10.2. The molecule has 0 saturated carbocycles. The van der Waals surface area contributed by atoms with Crippen LogP contribution < -0.4 is 5.32 Å². The van der Waals surface area contributed by atoms with Gasteiger partial charge in [-0.15, -0.1) is 0 Å². The molecule has 136 valence electrons. The predicted octanol–water partition coefficient (Wildman–Crippen LogP) is 3.01. The molecule has 9 heteroatoms. The highest BCUT2D eigenvalue weighted by molar-refractivity contribution is 7.89. The van der Waals surface area contributed by atoms with E-state index < -0.39 is 15.9 Å². The van der Waals surface area contributed by atoms with Gasteiger partial charge in [0.25, 0.3) is 5.91 Å². The number of carbonyl (C=O) groups excluding carboxylic acids is 1. The quantitative estimate of drug-likeness (QED) is 0.829. The van der Waals surface area contributed by atoms with Gasteiger partial charge in [-0.3, -0.25) is 4.79 Å². The van der Waals surface area contributed by atoms with Crippen LogP contribution in [-0.4, -0.2) is 42.5 Å². The van der Waals surface area contributed by atoms with Crippen molar-refractivity contribution in [1.82, 2.24) is 14.1 Å². The van der Waals surface area contributed by atoms with E-state index in [2.05, 4.69) is 10.4 Å². The van der Waals surface area contributed by atoms with E-state index in [1.54, 1.807) is 16.9 Å². The van der Waals surface area contributed by atoms with Crippen LogP contribution in [0.4, 0.5) is 5.82 Å². The lowest BCUT2D eigenvalue weighted by Crippen LogP contribution is -2.23. The van der Waals surface area contributed by atoms with Gasteiger partial charge in [-0.1, -0.05) is 18.5 Å². The Morgan fingerprint density at radius 1 is 1.36 bits per heavy atom. The SMILES string of the molecule is CCC(C)n1nccc1NC(=O)c1cc(S(=O)(=O)N(C)C)ccc1Cl. The molecule has 1 N–H and O–H groups in total. The summed E-state index contributed by atoms with van der Waals surface area (Å²) in [5.74, 6) is 0.0298. The van der Waals surface area contributed by atoms with Gasteiger partial charge in [-0.25, -0.2) is 17.4 Å². The number of halogens is 1. The zero-order chi connectivity index (χ0) is 18.8. The normalized spacial score (nSPS) is 13.0. The van der Waals surface area contributed by atoms with E-state index >= 15 is 0 Å². The minimum atomic E-state index is -3.66. The molecule has 2 rings (SSSR count). The molecule has 1 amide bonds. The molecule has 25 heavy (non-hydrogen) atoms. The van der Waals surface area contributed by atoms with Crippen LogP contribution in [0.5, 0.6) is 0 Å². The number of hydrogen-bond donors (Lipinski definition) is 1. The third-order valence-corrected chi connectivity index (χ3v) is 6.02. The number of sulfonamides is 1. The highest BCUT2D eigenvalue weighted by Crippen LogP contribution is 2.24. The Bertz CT molecular complexity index is 877. The second kappa shape index (κ2) is 7.55. The molecule has 0 saturated heterocycles. The first-order valence-electron chi connectivity index (χ1n) is 7.75. The maximum absolute atomic E-state index is 12.6. The predicted molar refractivity (Wildman–Crippen MR) is 97.5 cm³/mol. The minimum Gasteiger partial charge on any atom is -0.307 e. The van der Waals surface area contributed by atoms with Gasteiger partial charge in [-0.05, 0) is 31.5 Å². The molecule has 0 aliphatic rings. The van der Waals surface area contributed by atoms with Crippen molar-refractivity contribution in [3.05, 3.63) is 41.0 Å². The summed E-state index contributed by atoms with van der Waals surface area (Å²) in [7, 11) is -0.810.